The Morgan fingerprint density at radius 1 is 0.286 bits per heavy atom. The number of hydrogen-bond acceptors (Lipinski definition) is 2. The Morgan fingerprint density at radius 3 is 1.36 bits per heavy atom. The lowest BCUT2D eigenvalue weighted by molar-refractivity contribution is 0.623. The van der Waals surface area contributed by atoms with Crippen molar-refractivity contribution in [3.8, 4) is 33.4 Å². The summed E-state index contributed by atoms with van der Waals surface area (Å²) in [5, 5.41) is 2.26. The van der Waals surface area contributed by atoms with Crippen LogP contribution >= 0.6 is 0 Å². The van der Waals surface area contributed by atoms with E-state index >= 15 is 0 Å². The third-order valence-corrected chi connectivity index (χ3v) is 15.2. The maximum absolute atomic E-state index is 6.54. The number of furan rings is 1. The molecule has 1 aromatic heterocycles. The van der Waals surface area contributed by atoms with Gasteiger partial charge in [-0.3, -0.25) is 0 Å². The van der Waals surface area contributed by atoms with E-state index in [4.69, 9.17) is 4.42 Å². The van der Waals surface area contributed by atoms with Gasteiger partial charge in [0, 0.05) is 33.3 Å². The Kier molecular flexibility index (Phi) is 9.06. The quantitative estimate of drug-likeness (QED) is 0.159. The summed E-state index contributed by atoms with van der Waals surface area (Å²) in [7, 11) is 0. The molecule has 12 aromatic rings. The molecule has 0 bridgehead atoms. The van der Waals surface area contributed by atoms with E-state index in [-0.39, 0.29) is 0 Å². The van der Waals surface area contributed by atoms with E-state index < -0.39 is 10.8 Å². The van der Waals surface area contributed by atoms with Crippen molar-refractivity contribution in [2.75, 3.05) is 4.90 Å². The van der Waals surface area contributed by atoms with Crippen molar-refractivity contribution in [1.29, 1.82) is 0 Å². The summed E-state index contributed by atoms with van der Waals surface area (Å²) in [6.07, 6.45) is 0. The molecule has 0 fully saturated rings. The van der Waals surface area contributed by atoms with Gasteiger partial charge >= 0.3 is 0 Å². The Morgan fingerprint density at radius 2 is 0.729 bits per heavy atom. The average molecular weight is 892 g/mol. The molecule has 0 amide bonds. The van der Waals surface area contributed by atoms with Gasteiger partial charge in [-0.15, -0.1) is 0 Å². The van der Waals surface area contributed by atoms with Crippen LogP contribution in [0, 0.1) is 0 Å². The van der Waals surface area contributed by atoms with E-state index in [9.17, 15) is 0 Å². The van der Waals surface area contributed by atoms with Gasteiger partial charge in [0.1, 0.15) is 11.2 Å². The fourth-order valence-electron chi connectivity index (χ4n) is 12.4. The molecule has 0 N–H and O–H groups in total. The normalized spacial score (nSPS) is 13.7. The monoisotopic (exact) mass is 891 g/mol. The van der Waals surface area contributed by atoms with E-state index in [2.05, 4.69) is 272 Å². The Bertz CT molecular complexity index is 3840. The van der Waals surface area contributed by atoms with E-state index in [0.717, 1.165) is 50.1 Å². The topological polar surface area (TPSA) is 16.4 Å². The van der Waals surface area contributed by atoms with Crippen molar-refractivity contribution < 1.29 is 4.42 Å². The van der Waals surface area contributed by atoms with Gasteiger partial charge in [0.2, 0.25) is 0 Å². The van der Waals surface area contributed by atoms with Crippen molar-refractivity contribution in [1.82, 2.24) is 0 Å². The predicted molar refractivity (Wildman–Crippen MR) is 288 cm³/mol. The lowest BCUT2D eigenvalue weighted by Gasteiger charge is -2.50. The van der Waals surface area contributed by atoms with E-state index in [1.54, 1.807) is 0 Å². The Labute approximate surface area is 408 Å². The number of benzene rings is 11. The molecule has 2 nitrogen and oxygen atoms in total. The molecule has 1 heterocycles. The first kappa shape index (κ1) is 40.1. The Hall–Kier alpha value is -8.98. The van der Waals surface area contributed by atoms with Gasteiger partial charge in [-0.05, 0) is 103 Å². The van der Waals surface area contributed by atoms with Crippen LogP contribution in [0.4, 0.5) is 17.1 Å². The lowest BCUT2D eigenvalue weighted by Crippen LogP contribution is -2.44. The van der Waals surface area contributed by atoms with Crippen molar-refractivity contribution >= 4 is 39.0 Å². The first-order chi connectivity index (χ1) is 34.7. The molecule has 0 aliphatic heterocycles. The largest absolute Gasteiger partial charge is 0.455 e. The van der Waals surface area contributed by atoms with Gasteiger partial charge in [-0.2, -0.15) is 0 Å². The van der Waals surface area contributed by atoms with Crippen LogP contribution in [0.1, 0.15) is 44.5 Å². The average Bonchev–Trinajstić information content (AvgIpc) is 3.97. The summed E-state index contributed by atoms with van der Waals surface area (Å²) in [5.41, 5.74) is 21.2. The van der Waals surface area contributed by atoms with Crippen LogP contribution in [0.2, 0.25) is 0 Å². The zero-order valence-corrected chi connectivity index (χ0v) is 38.3. The van der Waals surface area contributed by atoms with Crippen molar-refractivity contribution in [2.24, 2.45) is 0 Å². The molecule has 70 heavy (non-hydrogen) atoms. The van der Waals surface area contributed by atoms with Crippen molar-refractivity contribution in [3.05, 3.63) is 317 Å². The predicted octanol–water partition coefficient (Wildman–Crippen LogP) is 17.4. The first-order valence-corrected chi connectivity index (χ1v) is 24.3. The zero-order chi connectivity index (χ0) is 46.2. The number of fused-ring (bicyclic) bond motifs is 12. The van der Waals surface area contributed by atoms with Crippen LogP contribution in [-0.4, -0.2) is 0 Å². The molecule has 328 valence electrons. The summed E-state index contributed by atoms with van der Waals surface area (Å²) in [6, 6.07) is 101. The zero-order valence-electron chi connectivity index (χ0n) is 38.3. The van der Waals surface area contributed by atoms with Crippen molar-refractivity contribution in [3.63, 3.8) is 0 Å². The van der Waals surface area contributed by atoms with Gasteiger partial charge in [-0.25, -0.2) is 0 Å². The minimum atomic E-state index is -0.625. The molecule has 2 heteroatoms. The van der Waals surface area contributed by atoms with Gasteiger partial charge in [0.25, 0.3) is 0 Å². The Balaban J connectivity index is 1.01. The minimum Gasteiger partial charge on any atom is -0.455 e. The number of anilines is 3. The SMILES string of the molecule is c1ccc(-c2ccc(N(c3ccc(-c4cccc5c4oc4ccccc45)cc3)c3cccc4c3-c3ccccc3C43c4ccccc4C(c4ccccc4)(c4ccccc4)c4ccccc43)cc2)cc1. The highest BCUT2D eigenvalue weighted by atomic mass is 16.3. The van der Waals surface area contributed by atoms with E-state index in [1.165, 1.54) is 66.8 Å². The van der Waals surface area contributed by atoms with E-state index in [1.807, 2.05) is 6.07 Å². The highest BCUT2D eigenvalue weighted by molar-refractivity contribution is 6.09. The van der Waals surface area contributed by atoms with Gasteiger partial charge < -0.3 is 9.32 Å². The number of nitrogens with zero attached hydrogens (tertiary/aromatic N) is 1. The third kappa shape index (κ3) is 5.68. The van der Waals surface area contributed by atoms with Gasteiger partial charge in [0.15, 0.2) is 0 Å². The fraction of sp³-hybridized carbons (Fsp3) is 0.0294. The minimum absolute atomic E-state index is 0.572. The summed E-state index contributed by atoms with van der Waals surface area (Å²) in [4.78, 5) is 2.47. The second-order valence-corrected chi connectivity index (χ2v) is 18.6. The highest BCUT2D eigenvalue weighted by Crippen LogP contribution is 2.66. The van der Waals surface area contributed by atoms with Gasteiger partial charge in [-0.1, -0.05) is 237 Å². The molecular formula is C68H45NO. The molecule has 2 aliphatic carbocycles. The second-order valence-electron chi connectivity index (χ2n) is 18.6. The second kappa shape index (κ2) is 15.8. The molecular weight excluding hydrogens is 847 g/mol. The van der Waals surface area contributed by atoms with Crippen LogP contribution in [0.3, 0.4) is 0 Å². The highest BCUT2D eigenvalue weighted by Gasteiger charge is 2.57. The summed E-state index contributed by atoms with van der Waals surface area (Å²) in [5.74, 6) is 0. The molecule has 0 unspecified atom stereocenters. The smallest absolute Gasteiger partial charge is 0.143 e. The number of rotatable bonds is 7. The van der Waals surface area contributed by atoms with Crippen LogP contribution in [0.15, 0.2) is 277 Å². The molecule has 1 spiro atoms. The number of hydrogen-bond donors (Lipinski definition) is 0. The molecule has 0 radical (unpaired) electrons. The third-order valence-electron chi connectivity index (χ3n) is 15.2. The first-order valence-electron chi connectivity index (χ1n) is 24.3. The molecule has 0 atom stereocenters. The molecule has 11 aromatic carbocycles. The standard InChI is InChI=1S/C68H45NO/c1-4-20-46(21-5-1)47-38-42-51(43-39-47)69(52-44-40-48(41-45-52)53-28-18-29-55-54-26-11-17-37-64(54)70-66(53)55)63-36-19-35-62-65(63)56-27-10-12-30-57(56)68(62)60-33-15-13-31-58(60)67(49-22-6-2-7-23-49,50-24-8-3-9-25-50)59-32-14-16-34-61(59)68/h1-45H. The molecule has 0 saturated heterocycles. The van der Waals surface area contributed by atoms with Crippen LogP contribution in [-0.2, 0) is 10.8 Å². The van der Waals surface area contributed by atoms with Crippen LogP contribution in [0.5, 0.6) is 0 Å². The fourth-order valence-corrected chi connectivity index (χ4v) is 12.4. The number of para-hydroxylation sites is 2. The molecule has 0 saturated carbocycles. The van der Waals surface area contributed by atoms with Crippen molar-refractivity contribution in [2.45, 2.75) is 10.8 Å². The van der Waals surface area contributed by atoms with E-state index in [0.29, 0.717) is 0 Å². The summed E-state index contributed by atoms with van der Waals surface area (Å²) >= 11 is 0. The molecule has 14 rings (SSSR count). The van der Waals surface area contributed by atoms with Crippen LogP contribution < -0.4 is 4.90 Å². The van der Waals surface area contributed by atoms with Crippen LogP contribution in [0.25, 0.3) is 55.3 Å². The van der Waals surface area contributed by atoms with Gasteiger partial charge in [0.05, 0.1) is 16.5 Å². The lowest BCUT2D eigenvalue weighted by atomic mass is 9.51. The summed E-state index contributed by atoms with van der Waals surface area (Å²) in [6.45, 7) is 0. The summed E-state index contributed by atoms with van der Waals surface area (Å²) < 4.78 is 6.54. The maximum Gasteiger partial charge on any atom is 0.143 e. The molecule has 2 aliphatic rings. The maximum atomic E-state index is 6.54.